The monoisotopic (exact) mass is 476 g/mol. The molecule has 33 heavy (non-hydrogen) atoms. The minimum absolute atomic E-state index is 0.128. The van der Waals surface area contributed by atoms with Crippen molar-refractivity contribution in [3.63, 3.8) is 0 Å². The maximum absolute atomic E-state index is 11.3. The van der Waals surface area contributed by atoms with Crippen molar-refractivity contribution >= 4 is 5.97 Å². The van der Waals surface area contributed by atoms with E-state index in [0.717, 1.165) is 38.5 Å². The minimum Gasteiger partial charge on any atom is -0.481 e. The molecule has 10 heteroatoms. The second kappa shape index (κ2) is 13.9. The standard InChI is InChI=1S/C23H40O10/c1-23(2)30-16-19(33-23)15-27-14-18(32-22-8-4-6-10-29-22)13-26-12-17(11-20(24)25)31-21-7-3-5-9-28-21/h17-19,21-22H,3-16H2,1-2H3,(H,24,25). The van der Waals surface area contributed by atoms with Crippen molar-refractivity contribution < 1.29 is 47.8 Å². The van der Waals surface area contributed by atoms with Crippen molar-refractivity contribution in [3.05, 3.63) is 0 Å². The number of hydrogen-bond acceptors (Lipinski definition) is 9. The Balaban J connectivity index is 1.44. The summed E-state index contributed by atoms with van der Waals surface area (Å²) in [4.78, 5) is 11.3. The number of ether oxygens (including phenoxy) is 8. The lowest BCUT2D eigenvalue weighted by atomic mass is 10.2. The molecule has 192 valence electrons. The molecule has 0 aliphatic carbocycles. The van der Waals surface area contributed by atoms with Gasteiger partial charge in [-0.1, -0.05) is 0 Å². The summed E-state index contributed by atoms with van der Waals surface area (Å²) < 4.78 is 46.2. The Labute approximate surface area is 196 Å². The van der Waals surface area contributed by atoms with E-state index in [1.807, 2.05) is 13.8 Å². The summed E-state index contributed by atoms with van der Waals surface area (Å²) in [7, 11) is 0. The Morgan fingerprint density at radius 1 is 0.939 bits per heavy atom. The summed E-state index contributed by atoms with van der Waals surface area (Å²) in [6, 6.07) is 0. The van der Waals surface area contributed by atoms with Crippen LogP contribution in [-0.2, 0) is 42.7 Å². The summed E-state index contributed by atoms with van der Waals surface area (Å²) in [6.07, 6.45) is 3.78. The second-order valence-electron chi connectivity index (χ2n) is 9.23. The molecule has 0 bridgehead atoms. The highest BCUT2D eigenvalue weighted by Gasteiger charge is 2.33. The van der Waals surface area contributed by atoms with Crippen LogP contribution in [0.2, 0.25) is 0 Å². The van der Waals surface area contributed by atoms with Gasteiger partial charge in [-0.15, -0.1) is 0 Å². The molecule has 0 aromatic carbocycles. The summed E-state index contributed by atoms with van der Waals surface area (Å²) in [5, 5.41) is 9.24. The van der Waals surface area contributed by atoms with Gasteiger partial charge >= 0.3 is 5.97 Å². The van der Waals surface area contributed by atoms with Crippen molar-refractivity contribution in [1.29, 1.82) is 0 Å². The number of carboxylic acid groups (broad SMARTS) is 1. The smallest absolute Gasteiger partial charge is 0.306 e. The van der Waals surface area contributed by atoms with Crippen LogP contribution in [0.15, 0.2) is 0 Å². The quantitative estimate of drug-likeness (QED) is 0.401. The van der Waals surface area contributed by atoms with Crippen LogP contribution in [0.25, 0.3) is 0 Å². The van der Waals surface area contributed by atoms with Gasteiger partial charge < -0.3 is 43.0 Å². The molecule has 3 heterocycles. The molecule has 10 nitrogen and oxygen atoms in total. The molecule has 3 fully saturated rings. The lowest BCUT2D eigenvalue weighted by molar-refractivity contribution is -0.220. The van der Waals surface area contributed by atoms with Crippen LogP contribution in [0.4, 0.5) is 0 Å². The molecule has 0 spiro atoms. The molecule has 0 amide bonds. The average Bonchev–Trinajstić information content (AvgIpc) is 3.13. The fourth-order valence-electron chi connectivity index (χ4n) is 4.04. The highest BCUT2D eigenvalue weighted by molar-refractivity contribution is 5.67. The van der Waals surface area contributed by atoms with E-state index in [1.54, 1.807) is 0 Å². The summed E-state index contributed by atoms with van der Waals surface area (Å²) in [5.74, 6) is -1.53. The zero-order chi connectivity index (χ0) is 23.5. The van der Waals surface area contributed by atoms with Gasteiger partial charge in [-0.2, -0.15) is 0 Å². The fraction of sp³-hybridized carbons (Fsp3) is 0.957. The molecular weight excluding hydrogens is 436 g/mol. The van der Waals surface area contributed by atoms with Crippen molar-refractivity contribution in [2.24, 2.45) is 0 Å². The first-order valence-electron chi connectivity index (χ1n) is 12.1. The van der Waals surface area contributed by atoms with Gasteiger partial charge in [0.2, 0.25) is 0 Å². The Hall–Kier alpha value is -0.850. The van der Waals surface area contributed by atoms with E-state index < -0.39 is 17.9 Å². The van der Waals surface area contributed by atoms with Gasteiger partial charge in [0.05, 0.1) is 45.6 Å². The van der Waals surface area contributed by atoms with Gasteiger partial charge in [0.25, 0.3) is 0 Å². The van der Waals surface area contributed by atoms with E-state index in [0.29, 0.717) is 33.0 Å². The third kappa shape index (κ3) is 10.5. The van der Waals surface area contributed by atoms with Crippen LogP contribution in [0, 0.1) is 0 Å². The van der Waals surface area contributed by atoms with Crippen molar-refractivity contribution in [2.45, 2.75) is 95.5 Å². The van der Waals surface area contributed by atoms with Gasteiger partial charge in [0.1, 0.15) is 12.2 Å². The normalized spacial score (nSPS) is 29.6. The number of carboxylic acids is 1. The summed E-state index contributed by atoms with van der Waals surface area (Å²) >= 11 is 0. The molecule has 0 aromatic heterocycles. The molecule has 3 aliphatic rings. The molecule has 0 radical (unpaired) electrons. The molecular formula is C23H40O10. The fourth-order valence-corrected chi connectivity index (χ4v) is 4.04. The van der Waals surface area contributed by atoms with E-state index in [4.69, 9.17) is 37.9 Å². The Morgan fingerprint density at radius 2 is 1.55 bits per heavy atom. The predicted octanol–water partition coefficient (Wildman–Crippen LogP) is 2.47. The maximum atomic E-state index is 11.3. The van der Waals surface area contributed by atoms with Crippen molar-refractivity contribution in [2.75, 3.05) is 46.2 Å². The van der Waals surface area contributed by atoms with E-state index in [9.17, 15) is 9.90 Å². The van der Waals surface area contributed by atoms with Crippen LogP contribution < -0.4 is 0 Å². The zero-order valence-electron chi connectivity index (χ0n) is 19.9. The number of rotatable bonds is 14. The highest BCUT2D eigenvalue weighted by Crippen LogP contribution is 2.23. The molecule has 3 saturated heterocycles. The molecule has 0 aromatic rings. The van der Waals surface area contributed by atoms with Gasteiger partial charge in [0.15, 0.2) is 18.4 Å². The lowest BCUT2D eigenvalue weighted by Gasteiger charge is -2.29. The summed E-state index contributed by atoms with van der Waals surface area (Å²) in [6.45, 7) is 6.60. The third-order valence-corrected chi connectivity index (χ3v) is 5.65. The molecule has 3 aliphatic heterocycles. The first kappa shape index (κ1) is 26.7. The van der Waals surface area contributed by atoms with Gasteiger partial charge in [-0.25, -0.2) is 0 Å². The molecule has 5 unspecified atom stereocenters. The van der Waals surface area contributed by atoms with E-state index in [2.05, 4.69) is 0 Å². The van der Waals surface area contributed by atoms with Crippen LogP contribution in [-0.4, -0.2) is 94.0 Å². The van der Waals surface area contributed by atoms with Crippen LogP contribution in [0.1, 0.15) is 58.8 Å². The Kier molecular flexibility index (Phi) is 11.3. The maximum Gasteiger partial charge on any atom is 0.306 e. The van der Waals surface area contributed by atoms with Crippen molar-refractivity contribution in [3.8, 4) is 0 Å². The SMILES string of the molecule is CC1(C)OCC(COCC(COCC(CC(=O)O)OC2CCCCO2)OC2CCCCO2)O1. The number of hydrogen-bond donors (Lipinski definition) is 1. The first-order chi connectivity index (χ1) is 15.9. The van der Waals surface area contributed by atoms with E-state index >= 15 is 0 Å². The zero-order valence-corrected chi connectivity index (χ0v) is 19.9. The minimum atomic E-state index is -0.937. The molecule has 5 atom stereocenters. The second-order valence-corrected chi connectivity index (χ2v) is 9.23. The number of aliphatic carboxylic acids is 1. The topological polar surface area (TPSA) is 111 Å². The van der Waals surface area contributed by atoms with Crippen LogP contribution in [0.3, 0.4) is 0 Å². The summed E-state index contributed by atoms with van der Waals surface area (Å²) in [5.41, 5.74) is 0. The molecule has 3 rings (SSSR count). The van der Waals surface area contributed by atoms with Gasteiger partial charge in [0, 0.05) is 13.2 Å². The third-order valence-electron chi connectivity index (χ3n) is 5.65. The van der Waals surface area contributed by atoms with E-state index in [-0.39, 0.29) is 44.4 Å². The highest BCUT2D eigenvalue weighted by atomic mass is 16.8. The molecule has 1 N–H and O–H groups in total. The largest absolute Gasteiger partial charge is 0.481 e. The first-order valence-corrected chi connectivity index (χ1v) is 12.1. The van der Waals surface area contributed by atoms with E-state index in [1.165, 1.54) is 0 Å². The van der Waals surface area contributed by atoms with Crippen molar-refractivity contribution in [1.82, 2.24) is 0 Å². The predicted molar refractivity (Wildman–Crippen MR) is 116 cm³/mol. The van der Waals surface area contributed by atoms with Crippen LogP contribution >= 0.6 is 0 Å². The lowest BCUT2D eigenvalue weighted by Crippen LogP contribution is -2.37. The molecule has 0 saturated carbocycles. The average molecular weight is 477 g/mol. The Bertz CT molecular complexity index is 559. The van der Waals surface area contributed by atoms with Crippen LogP contribution in [0.5, 0.6) is 0 Å². The Morgan fingerprint density at radius 3 is 2.09 bits per heavy atom. The number of carbonyl (C=O) groups is 1. The van der Waals surface area contributed by atoms with Gasteiger partial charge in [-0.05, 0) is 52.4 Å². The van der Waals surface area contributed by atoms with Gasteiger partial charge in [-0.3, -0.25) is 4.79 Å².